The minimum atomic E-state index is -0.343. The van der Waals surface area contributed by atoms with Crippen LogP contribution < -0.4 is 5.32 Å². The standard InChI is InChI=1S/C8H13N3O3/c1-6(12)4-5-7(13)11-8(9-2)14-10-3/h3-5H2,1-2H3,(H,9,11,13). The second-order valence-corrected chi connectivity index (χ2v) is 2.50. The maximum absolute atomic E-state index is 11.1. The van der Waals surface area contributed by atoms with Crippen molar-refractivity contribution in [2.24, 2.45) is 10.1 Å². The highest BCUT2D eigenvalue weighted by Crippen LogP contribution is 1.90. The van der Waals surface area contributed by atoms with Gasteiger partial charge in [0.2, 0.25) is 5.91 Å². The highest BCUT2D eigenvalue weighted by atomic mass is 16.6. The molecule has 1 N–H and O–H groups in total. The lowest BCUT2D eigenvalue weighted by Crippen LogP contribution is -2.31. The highest BCUT2D eigenvalue weighted by Gasteiger charge is 2.07. The van der Waals surface area contributed by atoms with Crippen molar-refractivity contribution in [3.05, 3.63) is 0 Å². The fourth-order valence-electron chi connectivity index (χ4n) is 0.652. The van der Waals surface area contributed by atoms with Gasteiger partial charge in [0, 0.05) is 26.6 Å². The molecule has 0 heterocycles. The van der Waals surface area contributed by atoms with Crippen LogP contribution in [-0.2, 0) is 14.4 Å². The van der Waals surface area contributed by atoms with Gasteiger partial charge in [-0.3, -0.25) is 10.1 Å². The molecule has 0 rings (SSSR count). The van der Waals surface area contributed by atoms with Crippen LogP contribution in [0.2, 0.25) is 0 Å². The maximum Gasteiger partial charge on any atom is 0.321 e. The summed E-state index contributed by atoms with van der Waals surface area (Å²) >= 11 is 0. The van der Waals surface area contributed by atoms with Gasteiger partial charge in [0.05, 0.1) is 0 Å². The number of amides is 1. The minimum Gasteiger partial charge on any atom is -0.318 e. The first kappa shape index (κ1) is 12.3. The second kappa shape index (κ2) is 6.76. The third-order valence-corrected chi connectivity index (χ3v) is 1.30. The monoisotopic (exact) mass is 199 g/mol. The number of nitrogens with one attached hydrogen (secondary N) is 1. The topological polar surface area (TPSA) is 80.1 Å². The smallest absolute Gasteiger partial charge is 0.318 e. The maximum atomic E-state index is 11.1. The Morgan fingerprint density at radius 3 is 2.50 bits per heavy atom. The van der Waals surface area contributed by atoms with Gasteiger partial charge in [-0.2, -0.15) is 0 Å². The number of hydrogen-bond acceptors (Lipinski definition) is 5. The average molecular weight is 199 g/mol. The molecule has 0 aliphatic heterocycles. The summed E-state index contributed by atoms with van der Waals surface area (Å²) in [7, 11) is 1.44. The molecule has 0 radical (unpaired) electrons. The number of nitrogens with zero attached hydrogens (tertiary/aromatic N) is 2. The molecule has 6 nitrogen and oxygen atoms in total. The molecule has 14 heavy (non-hydrogen) atoms. The molecular weight excluding hydrogens is 186 g/mol. The van der Waals surface area contributed by atoms with E-state index in [-0.39, 0.29) is 30.6 Å². The van der Waals surface area contributed by atoms with Crippen LogP contribution in [0.5, 0.6) is 0 Å². The molecule has 6 heteroatoms. The van der Waals surface area contributed by atoms with E-state index in [0.717, 1.165) is 0 Å². The Balaban J connectivity index is 3.91. The zero-order chi connectivity index (χ0) is 11.0. The lowest BCUT2D eigenvalue weighted by atomic mass is 10.2. The lowest BCUT2D eigenvalue weighted by molar-refractivity contribution is -0.123. The van der Waals surface area contributed by atoms with Crippen LogP contribution in [0.25, 0.3) is 0 Å². The molecule has 0 unspecified atom stereocenters. The SMILES string of the molecule is C=NO/C(=N\C)NC(=O)CCC(C)=O. The van der Waals surface area contributed by atoms with E-state index in [9.17, 15) is 9.59 Å². The molecule has 0 atom stereocenters. The molecule has 0 aliphatic rings. The molecule has 0 aromatic rings. The molecule has 0 spiro atoms. The summed E-state index contributed by atoms with van der Waals surface area (Å²) in [5, 5.41) is 5.42. The van der Waals surface area contributed by atoms with Crippen molar-refractivity contribution in [2.45, 2.75) is 19.8 Å². The van der Waals surface area contributed by atoms with Gasteiger partial charge in [-0.25, -0.2) is 4.99 Å². The summed E-state index contributed by atoms with van der Waals surface area (Å²) in [5.41, 5.74) is 0. The number of ketones is 1. The Kier molecular flexibility index (Phi) is 5.93. The third kappa shape index (κ3) is 5.87. The first-order valence-electron chi connectivity index (χ1n) is 3.99. The predicted molar refractivity (Wildman–Crippen MR) is 52.1 cm³/mol. The average Bonchev–Trinajstić information content (AvgIpc) is 2.14. The van der Waals surface area contributed by atoms with E-state index < -0.39 is 0 Å². The van der Waals surface area contributed by atoms with Gasteiger partial charge in [0.15, 0.2) is 0 Å². The molecule has 0 aromatic carbocycles. The summed E-state index contributed by atoms with van der Waals surface area (Å²) in [6.45, 7) is 4.49. The predicted octanol–water partition coefficient (Wildman–Crippen LogP) is 0.0898. The zero-order valence-corrected chi connectivity index (χ0v) is 8.24. The zero-order valence-electron chi connectivity index (χ0n) is 8.24. The van der Waals surface area contributed by atoms with Crippen LogP contribution in [0, 0.1) is 0 Å². The van der Waals surface area contributed by atoms with Crippen LogP contribution in [0.15, 0.2) is 10.1 Å². The number of carbonyl (C=O) groups is 2. The van der Waals surface area contributed by atoms with Gasteiger partial charge in [-0.1, -0.05) is 5.16 Å². The van der Waals surface area contributed by atoms with Crippen molar-refractivity contribution in [1.29, 1.82) is 0 Å². The largest absolute Gasteiger partial charge is 0.321 e. The van der Waals surface area contributed by atoms with Crippen molar-refractivity contribution in [3.8, 4) is 0 Å². The van der Waals surface area contributed by atoms with Gasteiger partial charge < -0.3 is 9.63 Å². The molecule has 0 fully saturated rings. The normalized spacial score (nSPS) is 10.6. The quantitative estimate of drug-likeness (QED) is 0.396. The number of Topliss-reactive ketones (excluding diaryl/α,β-unsaturated/α-hetero) is 1. The van der Waals surface area contributed by atoms with Crippen molar-refractivity contribution < 1.29 is 14.4 Å². The van der Waals surface area contributed by atoms with E-state index in [1.807, 2.05) is 0 Å². The van der Waals surface area contributed by atoms with Gasteiger partial charge in [0.25, 0.3) is 0 Å². The number of rotatable bonds is 4. The van der Waals surface area contributed by atoms with Crippen LogP contribution >= 0.6 is 0 Å². The minimum absolute atomic E-state index is 0.0337. The van der Waals surface area contributed by atoms with Crippen LogP contribution in [0.3, 0.4) is 0 Å². The second-order valence-electron chi connectivity index (χ2n) is 2.50. The van der Waals surface area contributed by atoms with E-state index in [1.54, 1.807) is 0 Å². The van der Waals surface area contributed by atoms with E-state index in [0.29, 0.717) is 0 Å². The number of amidine groups is 1. The van der Waals surface area contributed by atoms with Crippen LogP contribution in [0.1, 0.15) is 19.8 Å². The number of carbonyl (C=O) groups excluding carboxylic acids is 2. The number of hydrogen-bond donors (Lipinski definition) is 1. The Bertz CT molecular complexity index is 261. The molecule has 0 aliphatic carbocycles. The summed E-state index contributed by atoms with van der Waals surface area (Å²) in [5.74, 6) is -0.387. The molecule has 0 saturated heterocycles. The molecule has 0 bridgehead atoms. The van der Waals surface area contributed by atoms with Gasteiger partial charge in [0.1, 0.15) is 5.78 Å². The van der Waals surface area contributed by atoms with Crippen molar-refractivity contribution in [2.75, 3.05) is 7.05 Å². The Morgan fingerprint density at radius 1 is 1.43 bits per heavy atom. The number of aliphatic imine (C=N–C) groups is 1. The first-order chi connectivity index (χ1) is 6.60. The Morgan fingerprint density at radius 2 is 2.07 bits per heavy atom. The Labute approximate surface area is 82.0 Å². The molecule has 0 aromatic heterocycles. The summed E-state index contributed by atoms with van der Waals surface area (Å²) < 4.78 is 0. The van der Waals surface area contributed by atoms with Crippen LogP contribution in [-0.4, -0.2) is 31.5 Å². The van der Waals surface area contributed by atoms with E-state index in [4.69, 9.17) is 0 Å². The Hall–Kier alpha value is -1.72. The van der Waals surface area contributed by atoms with Gasteiger partial charge in [-0.15, -0.1) is 0 Å². The fraction of sp³-hybridized carbons (Fsp3) is 0.500. The molecular formula is C8H13N3O3. The summed E-state index contributed by atoms with van der Waals surface area (Å²) in [6, 6.07) is -0.0337. The molecule has 0 saturated carbocycles. The summed E-state index contributed by atoms with van der Waals surface area (Å²) in [6.07, 6.45) is 0.305. The van der Waals surface area contributed by atoms with Crippen molar-refractivity contribution >= 4 is 24.4 Å². The van der Waals surface area contributed by atoms with E-state index >= 15 is 0 Å². The lowest BCUT2D eigenvalue weighted by Gasteiger charge is -2.03. The summed E-state index contributed by atoms with van der Waals surface area (Å²) in [4.78, 5) is 29.8. The van der Waals surface area contributed by atoms with E-state index in [2.05, 4.69) is 27.0 Å². The van der Waals surface area contributed by atoms with E-state index in [1.165, 1.54) is 14.0 Å². The van der Waals surface area contributed by atoms with Crippen LogP contribution in [0.4, 0.5) is 0 Å². The fourth-order valence-corrected chi connectivity index (χ4v) is 0.652. The van der Waals surface area contributed by atoms with Crippen molar-refractivity contribution in [1.82, 2.24) is 5.32 Å². The first-order valence-corrected chi connectivity index (χ1v) is 3.99. The number of oxime groups is 1. The van der Waals surface area contributed by atoms with Crippen molar-refractivity contribution in [3.63, 3.8) is 0 Å². The third-order valence-electron chi connectivity index (χ3n) is 1.30. The molecule has 1 amide bonds. The van der Waals surface area contributed by atoms with Gasteiger partial charge in [-0.05, 0) is 6.92 Å². The molecule has 78 valence electrons. The van der Waals surface area contributed by atoms with Gasteiger partial charge >= 0.3 is 6.02 Å². The highest BCUT2D eigenvalue weighted by molar-refractivity contribution is 5.95.